The Morgan fingerprint density at radius 3 is 3.00 bits per heavy atom. The zero-order chi connectivity index (χ0) is 17.2. The Morgan fingerprint density at radius 1 is 1.28 bits per heavy atom. The van der Waals surface area contributed by atoms with Gasteiger partial charge in [-0.1, -0.05) is 30.0 Å². The second kappa shape index (κ2) is 6.68. The first kappa shape index (κ1) is 15.8. The number of carbonyl (C=O) groups is 1. The average molecular weight is 355 g/mol. The molecule has 0 fully saturated rings. The van der Waals surface area contributed by atoms with Gasteiger partial charge in [0.25, 0.3) is 0 Å². The first-order chi connectivity index (χ1) is 12.2. The quantitative estimate of drug-likeness (QED) is 0.688. The van der Waals surface area contributed by atoms with E-state index in [1.165, 1.54) is 11.8 Å². The van der Waals surface area contributed by atoms with Gasteiger partial charge in [-0.25, -0.2) is 4.98 Å². The molecule has 1 aliphatic heterocycles. The normalized spacial score (nSPS) is 13.8. The van der Waals surface area contributed by atoms with Gasteiger partial charge in [-0.05, 0) is 36.8 Å². The molecule has 2 N–H and O–H groups in total. The van der Waals surface area contributed by atoms with Crippen LogP contribution in [0.25, 0.3) is 11.0 Å². The predicted molar refractivity (Wildman–Crippen MR) is 95.8 cm³/mol. The number of aromatic amines is 1. The van der Waals surface area contributed by atoms with Crippen LogP contribution in [0.2, 0.25) is 0 Å². The van der Waals surface area contributed by atoms with E-state index in [9.17, 15) is 4.79 Å². The third kappa shape index (κ3) is 3.41. The molecule has 25 heavy (non-hydrogen) atoms. The minimum Gasteiger partial charge on any atom is -0.454 e. The van der Waals surface area contributed by atoms with Crippen molar-refractivity contribution < 1.29 is 14.3 Å². The van der Waals surface area contributed by atoms with Gasteiger partial charge in [-0.2, -0.15) is 0 Å². The molecule has 0 unspecified atom stereocenters. The fraction of sp³-hybridized carbons (Fsp3) is 0.222. The third-order valence-electron chi connectivity index (χ3n) is 3.93. The summed E-state index contributed by atoms with van der Waals surface area (Å²) in [6.45, 7) is 2.56. The smallest absolute Gasteiger partial charge is 0.233 e. The molecule has 0 saturated carbocycles. The molecule has 0 bridgehead atoms. The number of hydrogen-bond donors (Lipinski definition) is 2. The second-order valence-electron chi connectivity index (χ2n) is 5.72. The Bertz CT molecular complexity index is 892. The van der Waals surface area contributed by atoms with Crippen molar-refractivity contribution in [1.82, 2.24) is 15.3 Å². The Labute approximate surface area is 148 Å². The first-order valence-corrected chi connectivity index (χ1v) is 8.84. The topological polar surface area (TPSA) is 76.2 Å². The molecule has 1 amide bonds. The molecule has 128 valence electrons. The zero-order valence-electron chi connectivity index (χ0n) is 13.6. The molecule has 0 aliphatic carbocycles. The Hall–Kier alpha value is -2.67. The monoisotopic (exact) mass is 355 g/mol. The van der Waals surface area contributed by atoms with E-state index in [1.54, 1.807) is 0 Å². The number of ether oxygens (including phenoxy) is 2. The summed E-state index contributed by atoms with van der Waals surface area (Å²) in [6, 6.07) is 13.5. The number of thioether (sulfide) groups is 1. The summed E-state index contributed by atoms with van der Waals surface area (Å²) in [7, 11) is 0. The Kier molecular flexibility index (Phi) is 4.23. The van der Waals surface area contributed by atoms with Crippen LogP contribution in [0, 0.1) is 0 Å². The maximum atomic E-state index is 12.3. The second-order valence-corrected chi connectivity index (χ2v) is 7.05. The number of benzene rings is 2. The lowest BCUT2D eigenvalue weighted by molar-refractivity contribution is -0.120. The molecular formula is C18H17N3O3S. The number of carbonyl (C=O) groups excluding carboxylic acids is 1. The highest BCUT2D eigenvalue weighted by molar-refractivity contribution is 8.00. The molecule has 1 aliphatic rings. The van der Waals surface area contributed by atoms with E-state index in [-0.39, 0.29) is 18.0 Å². The molecule has 3 aromatic rings. The van der Waals surface area contributed by atoms with Crippen LogP contribution in [-0.4, -0.2) is 27.9 Å². The predicted octanol–water partition coefficient (Wildman–Crippen LogP) is 3.09. The van der Waals surface area contributed by atoms with E-state index in [4.69, 9.17) is 9.47 Å². The standard InChI is InChI=1S/C18H17N3O3S/c1-11(25-18-20-13-4-2-3-5-14(13)21-18)17(22)19-9-12-6-7-15-16(8-12)24-10-23-15/h2-8,11H,9-10H2,1H3,(H,19,22)(H,20,21)/t11-/m1/s1. The number of fused-ring (bicyclic) bond motifs is 2. The van der Waals surface area contributed by atoms with Gasteiger partial charge in [0.15, 0.2) is 16.7 Å². The minimum atomic E-state index is -0.255. The molecule has 1 aromatic heterocycles. The number of aromatic nitrogens is 2. The van der Waals surface area contributed by atoms with Crippen LogP contribution in [0.5, 0.6) is 11.5 Å². The maximum absolute atomic E-state index is 12.3. The molecule has 7 heteroatoms. The van der Waals surface area contributed by atoms with Crippen LogP contribution in [0.1, 0.15) is 12.5 Å². The Balaban J connectivity index is 1.35. The van der Waals surface area contributed by atoms with E-state index in [1.807, 2.05) is 49.4 Å². The molecule has 0 saturated heterocycles. The fourth-order valence-corrected chi connectivity index (χ4v) is 3.44. The zero-order valence-corrected chi connectivity index (χ0v) is 14.4. The van der Waals surface area contributed by atoms with Crippen LogP contribution in [0.15, 0.2) is 47.6 Å². The molecule has 1 atom stereocenters. The van der Waals surface area contributed by atoms with Crippen LogP contribution >= 0.6 is 11.8 Å². The third-order valence-corrected chi connectivity index (χ3v) is 4.91. The van der Waals surface area contributed by atoms with Crippen molar-refractivity contribution in [2.75, 3.05) is 6.79 Å². The van der Waals surface area contributed by atoms with Crippen LogP contribution in [0.4, 0.5) is 0 Å². The molecule has 6 nitrogen and oxygen atoms in total. The van der Waals surface area contributed by atoms with Crippen molar-refractivity contribution in [2.24, 2.45) is 0 Å². The van der Waals surface area contributed by atoms with Gasteiger partial charge in [-0.3, -0.25) is 4.79 Å². The number of H-pyrrole nitrogens is 1. The van der Waals surface area contributed by atoms with Crippen molar-refractivity contribution in [2.45, 2.75) is 23.9 Å². The Morgan fingerprint density at radius 2 is 2.12 bits per heavy atom. The van der Waals surface area contributed by atoms with Gasteiger partial charge < -0.3 is 19.8 Å². The summed E-state index contributed by atoms with van der Waals surface area (Å²) in [5.41, 5.74) is 2.84. The number of hydrogen-bond acceptors (Lipinski definition) is 5. The van der Waals surface area contributed by atoms with Crippen molar-refractivity contribution in [3.8, 4) is 11.5 Å². The number of imidazole rings is 1. The van der Waals surface area contributed by atoms with E-state index < -0.39 is 0 Å². The number of para-hydroxylation sites is 2. The van der Waals surface area contributed by atoms with Crippen molar-refractivity contribution in [1.29, 1.82) is 0 Å². The van der Waals surface area contributed by atoms with E-state index >= 15 is 0 Å². The van der Waals surface area contributed by atoms with Crippen LogP contribution in [0.3, 0.4) is 0 Å². The summed E-state index contributed by atoms with van der Waals surface area (Å²) >= 11 is 1.41. The SMILES string of the molecule is C[C@@H](Sc1nc2ccccc2[nH]1)C(=O)NCc1ccc2c(c1)OCO2. The summed E-state index contributed by atoms with van der Waals surface area (Å²) in [5, 5.41) is 3.43. The van der Waals surface area contributed by atoms with Crippen LogP contribution < -0.4 is 14.8 Å². The molecule has 2 aromatic carbocycles. The van der Waals surface area contributed by atoms with E-state index in [2.05, 4.69) is 15.3 Å². The van der Waals surface area contributed by atoms with Crippen molar-refractivity contribution >= 4 is 28.7 Å². The lowest BCUT2D eigenvalue weighted by Gasteiger charge is -2.11. The molecule has 0 radical (unpaired) electrons. The van der Waals surface area contributed by atoms with Gasteiger partial charge in [0.1, 0.15) is 0 Å². The van der Waals surface area contributed by atoms with Crippen molar-refractivity contribution in [3.05, 3.63) is 48.0 Å². The minimum absolute atomic E-state index is 0.0388. The maximum Gasteiger partial charge on any atom is 0.233 e. The van der Waals surface area contributed by atoms with Gasteiger partial charge in [0.2, 0.25) is 12.7 Å². The fourth-order valence-electron chi connectivity index (χ4n) is 2.59. The number of amides is 1. The highest BCUT2D eigenvalue weighted by Crippen LogP contribution is 2.32. The number of rotatable bonds is 5. The van der Waals surface area contributed by atoms with Gasteiger partial charge >= 0.3 is 0 Å². The van der Waals surface area contributed by atoms with E-state index in [0.717, 1.165) is 33.3 Å². The summed E-state index contributed by atoms with van der Waals surface area (Å²) < 4.78 is 10.6. The highest BCUT2D eigenvalue weighted by Gasteiger charge is 2.17. The lowest BCUT2D eigenvalue weighted by atomic mass is 10.2. The number of nitrogens with zero attached hydrogens (tertiary/aromatic N) is 1. The number of nitrogens with one attached hydrogen (secondary N) is 2. The molecule has 2 heterocycles. The molecule has 4 rings (SSSR count). The van der Waals surface area contributed by atoms with Gasteiger partial charge in [0.05, 0.1) is 16.3 Å². The van der Waals surface area contributed by atoms with Gasteiger partial charge in [0, 0.05) is 6.54 Å². The largest absolute Gasteiger partial charge is 0.454 e. The summed E-state index contributed by atoms with van der Waals surface area (Å²) in [5.74, 6) is 1.42. The highest BCUT2D eigenvalue weighted by atomic mass is 32.2. The lowest BCUT2D eigenvalue weighted by Crippen LogP contribution is -2.30. The molecular weight excluding hydrogens is 338 g/mol. The average Bonchev–Trinajstić information content (AvgIpc) is 3.24. The summed E-state index contributed by atoms with van der Waals surface area (Å²) in [6.07, 6.45) is 0. The van der Waals surface area contributed by atoms with Gasteiger partial charge in [-0.15, -0.1) is 0 Å². The molecule has 0 spiro atoms. The first-order valence-electron chi connectivity index (χ1n) is 7.97. The van der Waals surface area contributed by atoms with Crippen LogP contribution in [-0.2, 0) is 11.3 Å². The van der Waals surface area contributed by atoms with Crippen molar-refractivity contribution in [3.63, 3.8) is 0 Å². The summed E-state index contributed by atoms with van der Waals surface area (Å²) in [4.78, 5) is 20.1. The van der Waals surface area contributed by atoms with E-state index in [0.29, 0.717) is 6.54 Å².